The minimum atomic E-state index is -0.858. The fourth-order valence-electron chi connectivity index (χ4n) is 4.80. The van der Waals surface area contributed by atoms with Gasteiger partial charge in [-0.25, -0.2) is 0 Å². The molecule has 1 saturated heterocycles. The van der Waals surface area contributed by atoms with Crippen LogP contribution in [0.5, 0.6) is 11.5 Å². The topological polar surface area (TPSA) is 140 Å². The standard InChI is InChI=1S/C30H33N3O7/c1-18(2)27(33-29(37)20-8-9-25-26(15-20)40-17-39-25)24(35)14-22(12-19-6-4-3-5-7-19)30(38)32-23(16-34)13-21-10-11-31-28(21)36/h3-9,15-16,21-23H,10-14,17H2,1-2H3,(H,31,36)(H,32,38)(H,33,37)/t21?,22-,23+/m1/s1. The zero-order chi connectivity index (χ0) is 28.6. The number of ketones is 1. The molecule has 210 valence electrons. The Kier molecular flexibility index (Phi) is 9.31. The fraction of sp³-hybridized carbons (Fsp3) is 0.367. The fourth-order valence-corrected chi connectivity index (χ4v) is 4.80. The van der Waals surface area contributed by atoms with Gasteiger partial charge in [0.15, 0.2) is 17.3 Å². The van der Waals surface area contributed by atoms with E-state index in [0.717, 1.165) is 5.56 Å². The first-order valence-electron chi connectivity index (χ1n) is 13.2. The first-order valence-corrected chi connectivity index (χ1v) is 13.2. The van der Waals surface area contributed by atoms with Crippen molar-refractivity contribution < 1.29 is 33.4 Å². The van der Waals surface area contributed by atoms with Crippen molar-refractivity contribution >= 4 is 29.8 Å². The van der Waals surface area contributed by atoms with Crippen molar-refractivity contribution in [3.8, 4) is 11.5 Å². The number of allylic oxidation sites excluding steroid dienone is 2. The Balaban J connectivity index is 1.48. The number of ether oxygens (including phenoxy) is 2. The van der Waals surface area contributed by atoms with Crippen LogP contribution in [0.1, 0.15) is 49.0 Å². The lowest BCUT2D eigenvalue weighted by atomic mass is 9.91. The highest BCUT2D eigenvalue weighted by atomic mass is 16.7. The smallest absolute Gasteiger partial charge is 0.255 e. The zero-order valence-corrected chi connectivity index (χ0v) is 22.5. The van der Waals surface area contributed by atoms with Crippen LogP contribution in [0.25, 0.3) is 0 Å². The normalized spacial score (nSPS) is 16.9. The molecule has 2 heterocycles. The van der Waals surface area contributed by atoms with Crippen LogP contribution in [-0.2, 0) is 25.6 Å². The summed E-state index contributed by atoms with van der Waals surface area (Å²) in [5.74, 6) is -1.71. The van der Waals surface area contributed by atoms with Gasteiger partial charge in [0, 0.05) is 30.4 Å². The molecule has 0 radical (unpaired) electrons. The Bertz CT molecular complexity index is 1320. The van der Waals surface area contributed by atoms with Gasteiger partial charge in [-0.1, -0.05) is 30.3 Å². The predicted octanol–water partition coefficient (Wildman–Crippen LogP) is 2.47. The largest absolute Gasteiger partial charge is 0.454 e. The molecule has 40 heavy (non-hydrogen) atoms. The molecule has 10 nitrogen and oxygen atoms in total. The molecule has 3 N–H and O–H groups in total. The van der Waals surface area contributed by atoms with Gasteiger partial charge < -0.3 is 30.2 Å². The Morgan fingerprint density at radius 2 is 1.82 bits per heavy atom. The quantitative estimate of drug-likeness (QED) is 0.274. The van der Waals surface area contributed by atoms with Gasteiger partial charge in [0.1, 0.15) is 6.29 Å². The Labute approximate surface area is 232 Å². The van der Waals surface area contributed by atoms with E-state index in [1.807, 2.05) is 30.3 Å². The molecule has 4 rings (SSSR count). The molecule has 0 aromatic heterocycles. The average Bonchev–Trinajstić information content (AvgIpc) is 3.59. The van der Waals surface area contributed by atoms with E-state index >= 15 is 0 Å². The third-order valence-electron chi connectivity index (χ3n) is 6.97. The molecule has 2 aliphatic rings. The van der Waals surface area contributed by atoms with Crippen molar-refractivity contribution in [1.82, 2.24) is 16.0 Å². The number of fused-ring (bicyclic) bond motifs is 1. The summed E-state index contributed by atoms with van der Waals surface area (Å²) in [6, 6.07) is 13.1. The number of Topliss-reactive ketones (excluding diaryl/α,β-unsaturated/α-hetero) is 1. The maximum atomic E-state index is 13.5. The molecule has 10 heteroatoms. The zero-order valence-electron chi connectivity index (χ0n) is 22.5. The molecular formula is C30H33N3O7. The molecule has 0 spiro atoms. The van der Waals surface area contributed by atoms with Crippen molar-refractivity contribution in [1.29, 1.82) is 0 Å². The summed E-state index contributed by atoms with van der Waals surface area (Å²) >= 11 is 0. The number of hydrogen-bond acceptors (Lipinski definition) is 7. The molecule has 0 bridgehead atoms. The van der Waals surface area contributed by atoms with Crippen LogP contribution >= 0.6 is 0 Å². The Morgan fingerprint density at radius 1 is 1.07 bits per heavy atom. The number of carbonyl (C=O) groups is 5. The summed E-state index contributed by atoms with van der Waals surface area (Å²) in [6.07, 6.45) is 1.46. The number of nitrogens with one attached hydrogen (secondary N) is 3. The van der Waals surface area contributed by atoms with E-state index in [1.54, 1.807) is 32.0 Å². The van der Waals surface area contributed by atoms with Crippen LogP contribution in [0.4, 0.5) is 0 Å². The SMILES string of the molecule is CC(C)=C(NC(=O)c1ccc2c(c1)OCO2)C(=O)C[C@@H](Cc1ccccc1)C(=O)N[C@H](C=O)CC1CCNC1=O. The second-order valence-corrected chi connectivity index (χ2v) is 10.2. The minimum Gasteiger partial charge on any atom is -0.454 e. The highest BCUT2D eigenvalue weighted by Crippen LogP contribution is 2.32. The third kappa shape index (κ3) is 7.13. The van der Waals surface area contributed by atoms with Crippen LogP contribution in [0, 0.1) is 11.8 Å². The minimum absolute atomic E-state index is 0.0712. The van der Waals surface area contributed by atoms with Crippen molar-refractivity contribution in [2.45, 2.75) is 45.6 Å². The maximum Gasteiger partial charge on any atom is 0.255 e. The highest BCUT2D eigenvalue weighted by molar-refractivity contribution is 6.05. The lowest BCUT2D eigenvalue weighted by Crippen LogP contribution is -2.43. The van der Waals surface area contributed by atoms with Gasteiger partial charge in [-0.05, 0) is 62.4 Å². The molecule has 0 saturated carbocycles. The van der Waals surface area contributed by atoms with Crippen molar-refractivity contribution in [2.24, 2.45) is 11.8 Å². The van der Waals surface area contributed by atoms with Crippen LogP contribution in [-0.4, -0.2) is 49.2 Å². The summed E-state index contributed by atoms with van der Waals surface area (Å²) < 4.78 is 10.6. The van der Waals surface area contributed by atoms with Gasteiger partial charge in [-0.2, -0.15) is 0 Å². The average molecular weight is 548 g/mol. The molecule has 1 fully saturated rings. The highest BCUT2D eigenvalue weighted by Gasteiger charge is 2.31. The Hall–Kier alpha value is -4.47. The Morgan fingerprint density at radius 3 is 2.50 bits per heavy atom. The molecule has 2 aromatic rings. The number of amides is 3. The lowest BCUT2D eigenvalue weighted by Gasteiger charge is -2.21. The van der Waals surface area contributed by atoms with E-state index < -0.39 is 29.6 Å². The molecule has 3 atom stereocenters. The van der Waals surface area contributed by atoms with Gasteiger partial charge in [-0.15, -0.1) is 0 Å². The van der Waals surface area contributed by atoms with Crippen LogP contribution in [0.3, 0.4) is 0 Å². The van der Waals surface area contributed by atoms with Crippen molar-refractivity contribution in [3.63, 3.8) is 0 Å². The molecule has 2 aliphatic heterocycles. The molecular weight excluding hydrogens is 514 g/mol. The molecule has 1 unspecified atom stereocenters. The van der Waals surface area contributed by atoms with Gasteiger partial charge in [0.25, 0.3) is 5.91 Å². The summed E-state index contributed by atoms with van der Waals surface area (Å²) in [4.78, 5) is 63.7. The summed E-state index contributed by atoms with van der Waals surface area (Å²) in [5.41, 5.74) is 1.81. The monoisotopic (exact) mass is 547 g/mol. The van der Waals surface area contributed by atoms with Crippen LogP contribution < -0.4 is 25.4 Å². The van der Waals surface area contributed by atoms with Crippen molar-refractivity contribution in [2.75, 3.05) is 13.3 Å². The van der Waals surface area contributed by atoms with Crippen molar-refractivity contribution in [3.05, 3.63) is 70.9 Å². The second kappa shape index (κ2) is 13.1. The first kappa shape index (κ1) is 28.5. The van der Waals surface area contributed by atoms with Gasteiger partial charge in [-0.3, -0.25) is 19.2 Å². The maximum absolute atomic E-state index is 13.5. The second-order valence-electron chi connectivity index (χ2n) is 10.2. The van der Waals surface area contributed by atoms with Gasteiger partial charge in [0.05, 0.1) is 11.7 Å². The van der Waals surface area contributed by atoms with E-state index in [-0.39, 0.29) is 43.6 Å². The third-order valence-corrected chi connectivity index (χ3v) is 6.97. The molecule has 0 aliphatic carbocycles. The van der Waals surface area contributed by atoms with Gasteiger partial charge in [0.2, 0.25) is 18.6 Å². The van der Waals surface area contributed by atoms with Crippen LogP contribution in [0.2, 0.25) is 0 Å². The summed E-state index contributed by atoms with van der Waals surface area (Å²) in [7, 11) is 0. The lowest BCUT2D eigenvalue weighted by molar-refractivity contribution is -0.130. The number of benzene rings is 2. The molecule has 3 amide bonds. The first-order chi connectivity index (χ1) is 19.2. The number of aldehydes is 1. The van der Waals surface area contributed by atoms with E-state index in [2.05, 4.69) is 16.0 Å². The van der Waals surface area contributed by atoms with E-state index in [0.29, 0.717) is 41.9 Å². The number of carbonyl (C=O) groups excluding carboxylic acids is 5. The van der Waals surface area contributed by atoms with Gasteiger partial charge >= 0.3 is 0 Å². The number of rotatable bonds is 12. The van der Waals surface area contributed by atoms with E-state index in [1.165, 1.54) is 0 Å². The summed E-state index contributed by atoms with van der Waals surface area (Å²) in [6.45, 7) is 4.02. The predicted molar refractivity (Wildman–Crippen MR) is 145 cm³/mol. The molecule has 2 aromatic carbocycles. The van der Waals surface area contributed by atoms with Crippen LogP contribution in [0.15, 0.2) is 59.8 Å². The summed E-state index contributed by atoms with van der Waals surface area (Å²) in [5, 5.41) is 8.16. The van der Waals surface area contributed by atoms with E-state index in [4.69, 9.17) is 9.47 Å². The number of hydrogen-bond donors (Lipinski definition) is 3. The van der Waals surface area contributed by atoms with E-state index in [9.17, 15) is 24.0 Å².